The Balaban J connectivity index is 2.40. The Morgan fingerprint density at radius 3 is 2.71 bits per heavy atom. The van der Waals surface area contributed by atoms with Crippen LogP contribution in [-0.4, -0.2) is 11.8 Å². The molecule has 0 amide bonds. The molecule has 0 radical (unpaired) electrons. The summed E-state index contributed by atoms with van der Waals surface area (Å²) in [5, 5.41) is 0. The van der Waals surface area contributed by atoms with E-state index < -0.39 is 11.5 Å². The molecule has 74 valence electrons. The van der Waals surface area contributed by atoms with Crippen molar-refractivity contribution >= 4 is 17.6 Å². The van der Waals surface area contributed by atoms with Crippen LogP contribution in [-0.2, 0) is 15.1 Å². The molecule has 1 fully saturated rings. The van der Waals surface area contributed by atoms with E-state index in [4.69, 9.17) is 17.7 Å². The second-order valence-corrected chi connectivity index (χ2v) is 3.56. The first kappa shape index (κ1) is 8.30. The summed E-state index contributed by atoms with van der Waals surface area (Å²) in [6, 6.07) is 9.25. The van der Waals surface area contributed by atoms with Crippen LogP contribution < -0.4 is 0 Å². The Hall–Kier alpha value is -1.02. The highest BCUT2D eigenvalue weighted by molar-refractivity contribution is 6.18. The normalized spacial score (nSPS) is 29.5. The number of hydrogen-bond acceptors (Lipinski definition) is 2. The van der Waals surface area contributed by atoms with Crippen molar-refractivity contribution in [3.63, 3.8) is 0 Å². The first-order valence-corrected chi connectivity index (χ1v) is 4.92. The average molecular weight is 212 g/mol. The minimum Gasteiger partial charge on any atom is -0.453 e. The number of carbonyl (C=O) groups is 1. The Morgan fingerprint density at radius 1 is 1.50 bits per heavy atom. The van der Waals surface area contributed by atoms with Crippen molar-refractivity contribution in [2.24, 2.45) is 0 Å². The Morgan fingerprint density at radius 2 is 2.21 bits per heavy atom. The second kappa shape index (κ2) is 3.62. The minimum atomic E-state index is -0.966. The van der Waals surface area contributed by atoms with Crippen LogP contribution >= 0.6 is 11.6 Å². The molecule has 3 heteroatoms. The largest absolute Gasteiger partial charge is 0.453 e. The number of benzene rings is 1. The van der Waals surface area contributed by atoms with E-state index in [1.165, 1.54) is 0 Å². The van der Waals surface area contributed by atoms with Crippen molar-refractivity contribution < 1.29 is 10.9 Å². The number of alkyl halides is 1. The fourth-order valence-electron chi connectivity index (χ4n) is 1.66. The number of esters is 1. The van der Waals surface area contributed by atoms with E-state index in [9.17, 15) is 4.79 Å². The molecule has 2 rings (SSSR count). The SMILES string of the molecule is [2H][C@@H](Cl)[C@]1(c2ccccc2)CCC(=O)O1. The van der Waals surface area contributed by atoms with Gasteiger partial charge in [0.1, 0.15) is 0 Å². The highest BCUT2D eigenvalue weighted by atomic mass is 35.5. The highest BCUT2D eigenvalue weighted by Gasteiger charge is 2.41. The summed E-state index contributed by atoms with van der Waals surface area (Å²) in [6.07, 6.45) is 0.810. The molecule has 0 bridgehead atoms. The zero-order chi connectivity index (χ0) is 10.9. The average Bonchev–Trinajstić information content (AvgIpc) is 2.63. The maximum Gasteiger partial charge on any atom is 0.306 e. The van der Waals surface area contributed by atoms with Crippen LogP contribution in [0, 0.1) is 0 Å². The maximum absolute atomic E-state index is 11.2. The fourth-order valence-corrected chi connectivity index (χ4v) is 1.94. The number of halogens is 1. The van der Waals surface area contributed by atoms with Gasteiger partial charge in [-0.3, -0.25) is 4.79 Å². The summed E-state index contributed by atoms with van der Waals surface area (Å²) < 4.78 is 12.9. The lowest BCUT2D eigenvalue weighted by molar-refractivity contribution is -0.147. The van der Waals surface area contributed by atoms with E-state index in [1.807, 2.05) is 30.3 Å². The van der Waals surface area contributed by atoms with Crippen molar-refractivity contribution in [1.82, 2.24) is 0 Å². The molecule has 0 unspecified atom stereocenters. The highest BCUT2D eigenvalue weighted by Crippen LogP contribution is 2.37. The predicted molar refractivity (Wildman–Crippen MR) is 54.2 cm³/mol. The summed E-state index contributed by atoms with van der Waals surface area (Å²) in [5.41, 5.74) is -0.161. The van der Waals surface area contributed by atoms with Crippen LogP contribution in [0.4, 0.5) is 0 Å². The van der Waals surface area contributed by atoms with Gasteiger partial charge in [0.25, 0.3) is 0 Å². The fraction of sp³-hybridized carbons (Fsp3) is 0.364. The number of ether oxygens (including phenoxy) is 1. The van der Waals surface area contributed by atoms with E-state index in [0.29, 0.717) is 12.8 Å². The van der Waals surface area contributed by atoms with Crippen LogP contribution in [0.3, 0.4) is 0 Å². The second-order valence-electron chi connectivity index (χ2n) is 3.34. The molecule has 0 N–H and O–H groups in total. The molecule has 1 saturated heterocycles. The van der Waals surface area contributed by atoms with Crippen LogP contribution in [0.15, 0.2) is 30.3 Å². The molecule has 1 aliphatic heterocycles. The van der Waals surface area contributed by atoms with Gasteiger partial charge in [0, 0.05) is 14.2 Å². The molecule has 1 aromatic rings. The molecule has 2 atom stereocenters. The standard InChI is InChI=1S/C11H11ClO2/c12-8-11(7-6-10(13)14-11)9-4-2-1-3-5-9/h1-5H,6-8H2/t11-/m0/s1/i8D/t8-,11+/m1. The molecular formula is C11H11ClO2. The first-order chi connectivity index (χ1) is 7.15. The van der Waals surface area contributed by atoms with E-state index in [0.717, 1.165) is 5.56 Å². The first-order valence-electron chi connectivity index (χ1n) is 5.06. The number of carbonyl (C=O) groups excluding carboxylic acids is 1. The topological polar surface area (TPSA) is 26.3 Å². The van der Waals surface area contributed by atoms with Crippen LogP contribution in [0.25, 0.3) is 0 Å². The summed E-state index contributed by atoms with van der Waals surface area (Å²) in [7, 11) is 0. The third-order valence-electron chi connectivity index (χ3n) is 2.44. The van der Waals surface area contributed by atoms with E-state index in [1.54, 1.807) is 0 Å². The number of cyclic esters (lactones) is 1. The third-order valence-corrected chi connectivity index (χ3v) is 2.79. The van der Waals surface area contributed by atoms with Gasteiger partial charge >= 0.3 is 5.97 Å². The molecule has 0 aromatic heterocycles. The van der Waals surface area contributed by atoms with E-state index in [-0.39, 0.29) is 5.97 Å². The Kier molecular flexibility index (Phi) is 2.15. The lowest BCUT2D eigenvalue weighted by Crippen LogP contribution is -2.27. The monoisotopic (exact) mass is 211 g/mol. The predicted octanol–water partition coefficient (Wildman–Crippen LogP) is 2.46. The zero-order valence-corrected chi connectivity index (χ0v) is 8.33. The molecule has 0 spiro atoms. The Bertz CT molecular complexity index is 366. The third kappa shape index (κ3) is 1.50. The van der Waals surface area contributed by atoms with Gasteiger partial charge in [-0.05, 0) is 5.56 Å². The molecule has 1 aliphatic rings. The van der Waals surface area contributed by atoms with Crippen LogP contribution in [0.2, 0.25) is 0 Å². The summed E-state index contributed by atoms with van der Waals surface area (Å²) >= 11 is 5.83. The summed E-state index contributed by atoms with van der Waals surface area (Å²) in [5.74, 6) is -1.25. The maximum atomic E-state index is 11.2. The van der Waals surface area contributed by atoms with Gasteiger partial charge in [0.15, 0.2) is 5.60 Å². The van der Waals surface area contributed by atoms with Crippen molar-refractivity contribution in [2.45, 2.75) is 18.4 Å². The summed E-state index contributed by atoms with van der Waals surface area (Å²) in [6.45, 7) is 0. The lowest BCUT2D eigenvalue weighted by atomic mass is 9.93. The van der Waals surface area contributed by atoms with Crippen LogP contribution in [0.1, 0.15) is 19.8 Å². The number of hydrogen-bond donors (Lipinski definition) is 0. The van der Waals surface area contributed by atoms with Gasteiger partial charge in [0.2, 0.25) is 0 Å². The van der Waals surface area contributed by atoms with Crippen LogP contribution in [0.5, 0.6) is 0 Å². The molecule has 0 aliphatic carbocycles. The summed E-state index contributed by atoms with van der Waals surface area (Å²) in [4.78, 5) is 11.2. The molecular weight excluding hydrogens is 200 g/mol. The van der Waals surface area contributed by atoms with Gasteiger partial charge in [-0.1, -0.05) is 30.3 Å². The van der Waals surface area contributed by atoms with Gasteiger partial charge in [-0.2, -0.15) is 0 Å². The molecule has 14 heavy (non-hydrogen) atoms. The molecule has 0 saturated carbocycles. The smallest absolute Gasteiger partial charge is 0.306 e. The zero-order valence-electron chi connectivity index (χ0n) is 8.57. The van der Waals surface area contributed by atoms with Crippen molar-refractivity contribution in [3.05, 3.63) is 35.9 Å². The van der Waals surface area contributed by atoms with Crippen molar-refractivity contribution in [2.75, 3.05) is 5.86 Å². The van der Waals surface area contributed by atoms with E-state index >= 15 is 0 Å². The lowest BCUT2D eigenvalue weighted by Gasteiger charge is -2.25. The van der Waals surface area contributed by atoms with Gasteiger partial charge < -0.3 is 4.74 Å². The molecule has 2 nitrogen and oxygen atoms in total. The van der Waals surface area contributed by atoms with Gasteiger partial charge in [0.05, 0.1) is 5.86 Å². The number of rotatable bonds is 2. The minimum absolute atomic E-state index is 0.281. The van der Waals surface area contributed by atoms with Crippen molar-refractivity contribution in [1.29, 1.82) is 0 Å². The van der Waals surface area contributed by atoms with Crippen molar-refractivity contribution in [3.8, 4) is 0 Å². The molecule has 1 aromatic carbocycles. The van der Waals surface area contributed by atoms with Gasteiger partial charge in [-0.15, -0.1) is 11.6 Å². The molecule has 1 heterocycles. The Labute approximate surface area is 89.2 Å². The quantitative estimate of drug-likeness (QED) is 0.555. The van der Waals surface area contributed by atoms with E-state index in [2.05, 4.69) is 0 Å². The van der Waals surface area contributed by atoms with Gasteiger partial charge in [-0.25, -0.2) is 0 Å².